The Kier molecular flexibility index (Phi) is 9.69. The molecule has 2 aromatic rings. The number of alkyl halides is 1. The molecule has 224 valence electrons. The van der Waals surface area contributed by atoms with Crippen LogP contribution in [0.4, 0.5) is 5.69 Å². The molecule has 12 heteroatoms. The van der Waals surface area contributed by atoms with Gasteiger partial charge in [0.15, 0.2) is 5.78 Å². The van der Waals surface area contributed by atoms with Gasteiger partial charge < -0.3 is 14.8 Å². The van der Waals surface area contributed by atoms with Crippen molar-refractivity contribution in [1.82, 2.24) is 9.88 Å². The topological polar surface area (TPSA) is 110 Å². The summed E-state index contributed by atoms with van der Waals surface area (Å²) in [5, 5.41) is 3.11. The number of halogens is 3. The van der Waals surface area contributed by atoms with Gasteiger partial charge in [-0.3, -0.25) is 24.5 Å². The van der Waals surface area contributed by atoms with Crippen molar-refractivity contribution in [3.63, 3.8) is 0 Å². The van der Waals surface area contributed by atoms with E-state index < -0.39 is 27.8 Å². The molecule has 3 fully saturated rings. The van der Waals surface area contributed by atoms with Crippen LogP contribution in [0.15, 0.2) is 41.7 Å². The SMILES string of the molecule is CCOC(=O)[C@@](Cc1ccc(NC(=O)c2c(Cl)cncc2Cl)cc1)(N=C1C(Br)C(=O)C12CCCCC2)N1CCOCC1. The minimum Gasteiger partial charge on any atom is -0.463 e. The Morgan fingerprint density at radius 1 is 1.14 bits per heavy atom. The lowest BCUT2D eigenvalue weighted by atomic mass is 9.58. The van der Waals surface area contributed by atoms with E-state index in [2.05, 4.69) is 26.2 Å². The number of esters is 1. The number of aromatic nitrogens is 1. The molecular formula is C30H33BrCl2N4O5. The van der Waals surface area contributed by atoms with Gasteiger partial charge in [0.1, 0.15) is 4.83 Å². The van der Waals surface area contributed by atoms with Gasteiger partial charge in [0, 0.05) is 37.6 Å². The predicted molar refractivity (Wildman–Crippen MR) is 165 cm³/mol. The summed E-state index contributed by atoms with van der Waals surface area (Å²) in [4.78, 5) is 50.6. The first-order valence-electron chi connectivity index (χ1n) is 14.2. The van der Waals surface area contributed by atoms with Crippen LogP contribution in [0, 0.1) is 5.41 Å². The molecule has 3 aliphatic rings. The monoisotopic (exact) mass is 678 g/mol. The van der Waals surface area contributed by atoms with Crippen molar-refractivity contribution in [3.8, 4) is 0 Å². The van der Waals surface area contributed by atoms with Crippen LogP contribution in [-0.2, 0) is 25.5 Å². The van der Waals surface area contributed by atoms with Gasteiger partial charge in [-0.1, -0.05) is 70.5 Å². The van der Waals surface area contributed by atoms with Crippen molar-refractivity contribution in [2.75, 3.05) is 38.2 Å². The van der Waals surface area contributed by atoms with Crippen LogP contribution in [0.3, 0.4) is 0 Å². The molecule has 2 aliphatic carbocycles. The maximum absolute atomic E-state index is 13.9. The number of morpholine rings is 1. The number of nitrogens with zero attached hydrogens (tertiary/aromatic N) is 3. The molecule has 1 saturated heterocycles. The zero-order valence-corrected chi connectivity index (χ0v) is 26.4. The quantitative estimate of drug-likeness (QED) is 0.289. The van der Waals surface area contributed by atoms with Crippen LogP contribution >= 0.6 is 39.1 Å². The molecule has 42 heavy (non-hydrogen) atoms. The van der Waals surface area contributed by atoms with Crippen molar-refractivity contribution in [1.29, 1.82) is 0 Å². The standard InChI is InChI=1S/C30H33BrCl2N4O5/c1-2-42-28(40)30(37-12-14-41-15-13-37,36-25-24(31)26(38)29(25)10-4-3-5-11-29)16-19-6-8-20(9-7-19)35-27(39)23-21(32)17-34-18-22(23)33/h6-9,17-18,24H,2-5,10-16H2,1H3,(H,35,39)/t24?,30-/m0/s1. The van der Waals surface area contributed by atoms with Crippen LogP contribution in [0.1, 0.15) is 54.9 Å². The van der Waals surface area contributed by atoms with Gasteiger partial charge in [-0.15, -0.1) is 0 Å². The largest absolute Gasteiger partial charge is 0.463 e. The van der Waals surface area contributed by atoms with E-state index >= 15 is 0 Å². The molecule has 9 nitrogen and oxygen atoms in total. The number of aliphatic imine (C=N–C) groups is 1. The van der Waals surface area contributed by atoms with Gasteiger partial charge in [-0.05, 0) is 37.5 Å². The Labute approximate surface area is 263 Å². The second-order valence-electron chi connectivity index (χ2n) is 10.8. The minimum atomic E-state index is -1.38. The molecule has 2 atom stereocenters. The summed E-state index contributed by atoms with van der Waals surface area (Å²) in [6.45, 7) is 3.87. The molecular weight excluding hydrogens is 647 g/mol. The highest BCUT2D eigenvalue weighted by Gasteiger charge is 2.60. The number of ether oxygens (including phenoxy) is 2. The molecule has 1 aliphatic heterocycles. The highest BCUT2D eigenvalue weighted by molar-refractivity contribution is 9.10. The van der Waals surface area contributed by atoms with E-state index in [9.17, 15) is 14.4 Å². The van der Waals surface area contributed by atoms with Gasteiger partial charge in [-0.2, -0.15) is 0 Å². The number of anilines is 1. The van der Waals surface area contributed by atoms with Gasteiger partial charge in [-0.25, -0.2) is 4.79 Å². The molecule has 1 unspecified atom stereocenters. The predicted octanol–water partition coefficient (Wildman–Crippen LogP) is 5.51. The van der Waals surface area contributed by atoms with Gasteiger partial charge >= 0.3 is 5.97 Å². The maximum atomic E-state index is 13.9. The summed E-state index contributed by atoms with van der Waals surface area (Å²) in [5.41, 5.74) is 0.208. The highest BCUT2D eigenvalue weighted by Crippen LogP contribution is 2.50. The number of carbonyl (C=O) groups is 3. The van der Waals surface area contributed by atoms with E-state index in [0.717, 1.165) is 43.4 Å². The average Bonchev–Trinajstić information content (AvgIpc) is 3.00. The van der Waals surface area contributed by atoms with E-state index in [1.807, 2.05) is 17.0 Å². The first kappa shape index (κ1) is 31.1. The molecule has 1 N–H and O–H groups in total. The third kappa shape index (κ3) is 5.88. The van der Waals surface area contributed by atoms with Gasteiger partial charge in [0.05, 0.1) is 46.6 Å². The van der Waals surface area contributed by atoms with E-state index in [0.29, 0.717) is 32.0 Å². The third-order valence-corrected chi connectivity index (χ3v) is 9.75. The summed E-state index contributed by atoms with van der Waals surface area (Å²) in [6, 6.07) is 7.19. The fourth-order valence-corrected chi connectivity index (χ4v) is 7.65. The number of Topliss-reactive ketones (excluding diaryl/α,β-unsaturated/α-hetero) is 1. The number of amides is 1. The molecule has 0 radical (unpaired) electrons. The molecule has 5 rings (SSSR count). The van der Waals surface area contributed by atoms with Crippen molar-refractivity contribution < 1.29 is 23.9 Å². The van der Waals surface area contributed by atoms with Gasteiger partial charge in [0.25, 0.3) is 5.91 Å². The lowest BCUT2D eigenvalue weighted by Gasteiger charge is -2.50. The molecule has 1 spiro atoms. The highest BCUT2D eigenvalue weighted by atomic mass is 79.9. The number of carbonyl (C=O) groups excluding carboxylic acids is 3. The summed E-state index contributed by atoms with van der Waals surface area (Å²) in [7, 11) is 0. The zero-order valence-electron chi connectivity index (χ0n) is 23.3. The second kappa shape index (κ2) is 13.1. The Morgan fingerprint density at radius 2 is 1.79 bits per heavy atom. The number of ketones is 1. The molecule has 1 aromatic carbocycles. The fraction of sp³-hybridized carbons (Fsp3) is 0.500. The average molecular weight is 680 g/mol. The zero-order chi connectivity index (χ0) is 29.9. The van der Waals surface area contributed by atoms with Crippen molar-refractivity contribution in [2.45, 2.75) is 55.9 Å². The molecule has 2 saturated carbocycles. The van der Waals surface area contributed by atoms with Crippen LogP contribution in [0.2, 0.25) is 10.0 Å². The third-order valence-electron chi connectivity index (χ3n) is 8.32. The van der Waals surface area contributed by atoms with E-state index in [1.165, 1.54) is 12.4 Å². The van der Waals surface area contributed by atoms with E-state index in [4.69, 9.17) is 37.7 Å². The smallest absolute Gasteiger partial charge is 0.349 e. The van der Waals surface area contributed by atoms with Crippen molar-refractivity contribution >= 4 is 68.2 Å². The van der Waals surface area contributed by atoms with E-state index in [1.54, 1.807) is 19.1 Å². The maximum Gasteiger partial charge on any atom is 0.349 e. The number of nitrogens with one attached hydrogen (secondary N) is 1. The fourth-order valence-electron chi connectivity index (χ4n) is 6.14. The lowest BCUT2D eigenvalue weighted by molar-refractivity contribution is -0.161. The molecule has 1 amide bonds. The molecule has 1 aromatic heterocycles. The number of hydrogen-bond acceptors (Lipinski definition) is 8. The lowest BCUT2D eigenvalue weighted by Crippen LogP contribution is -2.65. The number of rotatable bonds is 8. The second-order valence-corrected chi connectivity index (χ2v) is 12.5. The summed E-state index contributed by atoms with van der Waals surface area (Å²) in [6.07, 6.45) is 7.43. The molecule has 0 bridgehead atoms. The Balaban J connectivity index is 1.49. The first-order valence-corrected chi connectivity index (χ1v) is 15.9. The Bertz CT molecular complexity index is 1360. The van der Waals surface area contributed by atoms with Gasteiger partial charge in [0.2, 0.25) is 5.66 Å². The Morgan fingerprint density at radius 3 is 2.40 bits per heavy atom. The normalized spacial score (nSPS) is 22.8. The first-order chi connectivity index (χ1) is 20.2. The summed E-state index contributed by atoms with van der Waals surface area (Å²) < 4.78 is 11.3. The number of hydrogen-bond donors (Lipinski definition) is 1. The van der Waals surface area contributed by atoms with Crippen LogP contribution in [0.5, 0.6) is 0 Å². The number of benzene rings is 1. The Hall–Kier alpha value is -2.37. The summed E-state index contributed by atoms with van der Waals surface area (Å²) in [5.74, 6) is -0.768. The minimum absolute atomic E-state index is 0.137. The van der Waals surface area contributed by atoms with Crippen LogP contribution in [-0.4, -0.2) is 76.7 Å². The van der Waals surface area contributed by atoms with Crippen LogP contribution in [0.25, 0.3) is 0 Å². The number of pyridine rings is 1. The van der Waals surface area contributed by atoms with Crippen molar-refractivity contribution in [3.05, 3.63) is 57.8 Å². The summed E-state index contributed by atoms with van der Waals surface area (Å²) >= 11 is 15.9. The molecule has 2 heterocycles. The van der Waals surface area contributed by atoms with Crippen molar-refractivity contribution in [2.24, 2.45) is 10.4 Å². The van der Waals surface area contributed by atoms with E-state index in [-0.39, 0.29) is 34.4 Å². The van der Waals surface area contributed by atoms with Crippen LogP contribution < -0.4 is 5.32 Å².